The van der Waals surface area contributed by atoms with Gasteiger partial charge in [0.1, 0.15) is 0 Å². The van der Waals surface area contributed by atoms with Gasteiger partial charge >= 0.3 is 6.61 Å². The summed E-state index contributed by atoms with van der Waals surface area (Å²) in [6.07, 6.45) is 2.87. The first-order chi connectivity index (χ1) is 11.5. The number of halogens is 3. The molecule has 1 aromatic carbocycles. The maximum atomic E-state index is 12.5. The van der Waals surface area contributed by atoms with Gasteiger partial charge in [-0.05, 0) is 37.4 Å². The topological polar surface area (TPSA) is 82.8 Å². The molecule has 1 saturated carbocycles. The average Bonchev–Trinajstić information content (AvgIpc) is 3.01. The van der Waals surface area contributed by atoms with Crippen LogP contribution in [0.2, 0.25) is 0 Å². The molecule has 1 aromatic rings. The van der Waals surface area contributed by atoms with Crippen LogP contribution in [-0.4, -0.2) is 39.3 Å². The van der Waals surface area contributed by atoms with Crippen molar-refractivity contribution in [3.63, 3.8) is 0 Å². The predicted molar refractivity (Wildman–Crippen MR) is 91.1 cm³/mol. The van der Waals surface area contributed by atoms with Gasteiger partial charge in [0.25, 0.3) is 5.91 Å². The van der Waals surface area contributed by atoms with Gasteiger partial charge in [0.15, 0.2) is 11.5 Å². The lowest BCUT2D eigenvalue weighted by atomic mass is 10.0. The van der Waals surface area contributed by atoms with Gasteiger partial charge < -0.3 is 25.3 Å². The number of rotatable bonds is 7. The highest BCUT2D eigenvalue weighted by Gasteiger charge is 2.28. The van der Waals surface area contributed by atoms with E-state index in [1.54, 1.807) is 0 Å². The Morgan fingerprint density at radius 2 is 1.88 bits per heavy atom. The second kappa shape index (κ2) is 9.62. The van der Waals surface area contributed by atoms with Crippen LogP contribution in [0.4, 0.5) is 8.78 Å². The van der Waals surface area contributed by atoms with Crippen LogP contribution in [0.5, 0.6) is 17.2 Å². The fourth-order valence-corrected chi connectivity index (χ4v) is 2.98. The van der Waals surface area contributed by atoms with E-state index in [0.717, 1.165) is 19.3 Å². The molecule has 2 unspecified atom stereocenters. The monoisotopic (exact) mass is 380 g/mol. The summed E-state index contributed by atoms with van der Waals surface area (Å²) >= 11 is 0. The summed E-state index contributed by atoms with van der Waals surface area (Å²) < 4.78 is 39.6. The number of benzene rings is 1. The molecule has 9 heteroatoms. The van der Waals surface area contributed by atoms with Crippen molar-refractivity contribution in [2.75, 3.05) is 20.8 Å². The van der Waals surface area contributed by atoms with Crippen LogP contribution in [0.25, 0.3) is 0 Å². The van der Waals surface area contributed by atoms with E-state index in [0.29, 0.717) is 6.54 Å². The fraction of sp³-hybridized carbons (Fsp3) is 0.562. The number of methoxy groups -OCH3 is 2. The van der Waals surface area contributed by atoms with Crippen molar-refractivity contribution in [1.29, 1.82) is 0 Å². The number of carbonyl (C=O) groups excluding carboxylic acids is 1. The number of hydrogen-bond donors (Lipinski definition) is 2. The van der Waals surface area contributed by atoms with Gasteiger partial charge in [-0.25, -0.2) is 0 Å². The summed E-state index contributed by atoms with van der Waals surface area (Å²) in [5, 5.41) is 2.94. The Labute approximate surface area is 151 Å². The highest BCUT2D eigenvalue weighted by Crippen LogP contribution is 2.39. The lowest BCUT2D eigenvalue weighted by Gasteiger charge is -2.20. The predicted octanol–water partition coefficient (Wildman–Crippen LogP) is 2.58. The van der Waals surface area contributed by atoms with Crippen LogP contribution in [0.1, 0.15) is 29.6 Å². The quantitative estimate of drug-likeness (QED) is 0.759. The Morgan fingerprint density at radius 1 is 1.28 bits per heavy atom. The summed E-state index contributed by atoms with van der Waals surface area (Å²) in [5.41, 5.74) is 5.96. The van der Waals surface area contributed by atoms with Crippen LogP contribution >= 0.6 is 12.4 Å². The second-order valence-corrected chi connectivity index (χ2v) is 5.60. The average molecular weight is 381 g/mol. The SMILES string of the molecule is COc1cc(C(=O)NC2CCCC2CN)cc(OC)c1OC(F)F.Cl. The van der Waals surface area contributed by atoms with E-state index in [1.807, 2.05) is 0 Å². The van der Waals surface area contributed by atoms with Gasteiger partial charge in [-0.2, -0.15) is 8.78 Å². The van der Waals surface area contributed by atoms with Gasteiger partial charge in [0, 0.05) is 11.6 Å². The van der Waals surface area contributed by atoms with E-state index >= 15 is 0 Å². The lowest BCUT2D eigenvalue weighted by molar-refractivity contribution is -0.0526. The van der Waals surface area contributed by atoms with Crippen molar-refractivity contribution in [1.82, 2.24) is 5.32 Å². The number of alkyl halides is 2. The molecule has 3 N–H and O–H groups in total. The van der Waals surface area contributed by atoms with Crippen LogP contribution in [-0.2, 0) is 0 Å². The van der Waals surface area contributed by atoms with Crippen molar-refractivity contribution < 1.29 is 27.8 Å². The molecule has 25 heavy (non-hydrogen) atoms. The van der Waals surface area contributed by atoms with Gasteiger partial charge in [-0.3, -0.25) is 4.79 Å². The molecule has 1 aliphatic carbocycles. The standard InChI is InChI=1S/C16H22F2N2O4.ClH/c1-22-12-6-10(7-13(23-2)14(12)24-16(17)18)15(21)20-11-5-3-4-9(11)8-19;/h6-7,9,11,16H,3-5,8,19H2,1-2H3,(H,20,21);1H. The molecule has 0 heterocycles. The number of ether oxygens (including phenoxy) is 3. The summed E-state index contributed by atoms with van der Waals surface area (Å²) in [7, 11) is 2.60. The fourth-order valence-electron chi connectivity index (χ4n) is 2.98. The Kier molecular flexibility index (Phi) is 8.18. The largest absolute Gasteiger partial charge is 0.493 e. The first-order valence-corrected chi connectivity index (χ1v) is 7.71. The minimum absolute atomic E-state index is 0. The first kappa shape index (κ1) is 21.2. The Bertz CT molecular complexity index is 564. The van der Waals surface area contributed by atoms with E-state index in [9.17, 15) is 13.6 Å². The number of amides is 1. The van der Waals surface area contributed by atoms with Crippen LogP contribution in [0, 0.1) is 5.92 Å². The van der Waals surface area contributed by atoms with Crippen LogP contribution in [0.15, 0.2) is 12.1 Å². The van der Waals surface area contributed by atoms with Gasteiger partial charge in [-0.15, -0.1) is 12.4 Å². The minimum atomic E-state index is -3.03. The smallest absolute Gasteiger partial charge is 0.387 e. The number of nitrogens with two attached hydrogens (primary N) is 1. The van der Waals surface area contributed by atoms with Crippen molar-refractivity contribution in [3.05, 3.63) is 17.7 Å². The highest BCUT2D eigenvalue weighted by atomic mass is 35.5. The Morgan fingerprint density at radius 3 is 2.36 bits per heavy atom. The van der Waals surface area contributed by atoms with Crippen molar-refractivity contribution in [3.8, 4) is 17.2 Å². The molecule has 6 nitrogen and oxygen atoms in total. The maximum absolute atomic E-state index is 12.5. The molecule has 0 spiro atoms. The van der Waals surface area contributed by atoms with E-state index in [1.165, 1.54) is 26.4 Å². The van der Waals surface area contributed by atoms with E-state index in [4.69, 9.17) is 15.2 Å². The minimum Gasteiger partial charge on any atom is -0.493 e. The molecule has 0 radical (unpaired) electrons. The molecule has 2 rings (SSSR count). The molecule has 1 amide bonds. The molecule has 0 bridgehead atoms. The van der Waals surface area contributed by atoms with Gasteiger partial charge in [0.05, 0.1) is 14.2 Å². The number of nitrogens with one attached hydrogen (secondary N) is 1. The molecule has 0 saturated heterocycles. The third-order valence-electron chi connectivity index (χ3n) is 4.21. The second-order valence-electron chi connectivity index (χ2n) is 5.60. The molecule has 142 valence electrons. The van der Waals surface area contributed by atoms with Crippen LogP contribution < -0.4 is 25.3 Å². The molecular formula is C16H23ClF2N2O4. The third kappa shape index (κ3) is 5.09. The summed E-state index contributed by atoms with van der Waals surface area (Å²) in [4.78, 5) is 12.5. The van der Waals surface area contributed by atoms with E-state index in [-0.39, 0.29) is 53.1 Å². The molecular weight excluding hydrogens is 358 g/mol. The molecule has 2 atom stereocenters. The highest BCUT2D eigenvalue weighted by molar-refractivity contribution is 5.95. The zero-order valence-corrected chi connectivity index (χ0v) is 14.9. The van der Waals surface area contributed by atoms with Gasteiger partial charge in [-0.1, -0.05) is 6.42 Å². The Balaban J connectivity index is 0.00000312. The lowest BCUT2D eigenvalue weighted by Crippen LogP contribution is -2.39. The maximum Gasteiger partial charge on any atom is 0.387 e. The van der Waals surface area contributed by atoms with Crippen molar-refractivity contribution in [2.24, 2.45) is 11.7 Å². The third-order valence-corrected chi connectivity index (χ3v) is 4.21. The Hall–Kier alpha value is -1.80. The van der Waals surface area contributed by atoms with Crippen LogP contribution in [0.3, 0.4) is 0 Å². The van der Waals surface area contributed by atoms with E-state index < -0.39 is 6.61 Å². The molecule has 1 fully saturated rings. The molecule has 0 aromatic heterocycles. The summed E-state index contributed by atoms with van der Waals surface area (Å²) in [6, 6.07) is 2.71. The number of carbonyl (C=O) groups is 1. The summed E-state index contributed by atoms with van der Waals surface area (Å²) in [6.45, 7) is -2.52. The van der Waals surface area contributed by atoms with Crippen molar-refractivity contribution in [2.45, 2.75) is 31.9 Å². The molecule has 1 aliphatic rings. The zero-order chi connectivity index (χ0) is 17.7. The van der Waals surface area contributed by atoms with Crippen molar-refractivity contribution >= 4 is 18.3 Å². The summed E-state index contributed by atoms with van der Waals surface area (Å²) in [5.74, 6) is -0.324. The molecule has 0 aliphatic heterocycles. The number of hydrogen-bond acceptors (Lipinski definition) is 5. The zero-order valence-electron chi connectivity index (χ0n) is 14.1. The van der Waals surface area contributed by atoms with Gasteiger partial charge in [0.2, 0.25) is 5.75 Å². The first-order valence-electron chi connectivity index (χ1n) is 7.71. The van der Waals surface area contributed by atoms with E-state index in [2.05, 4.69) is 10.1 Å². The normalized spacial score (nSPS) is 19.3.